The van der Waals surface area contributed by atoms with Crippen LogP contribution in [0.2, 0.25) is 5.02 Å². The maximum Gasteiger partial charge on any atom is 0.277 e. The van der Waals surface area contributed by atoms with Gasteiger partial charge in [-0.3, -0.25) is 4.79 Å². The summed E-state index contributed by atoms with van der Waals surface area (Å²) in [6.45, 7) is 4.01. The lowest BCUT2D eigenvalue weighted by Gasteiger charge is -2.10. The van der Waals surface area contributed by atoms with Crippen molar-refractivity contribution in [3.05, 3.63) is 65.0 Å². The van der Waals surface area contributed by atoms with E-state index in [-0.39, 0.29) is 12.5 Å². The first-order valence-corrected chi connectivity index (χ1v) is 10.1. The van der Waals surface area contributed by atoms with Crippen molar-refractivity contribution < 1.29 is 13.9 Å². The van der Waals surface area contributed by atoms with Gasteiger partial charge in [-0.1, -0.05) is 42.4 Å². The Morgan fingerprint density at radius 2 is 1.89 bits per heavy atom. The summed E-state index contributed by atoms with van der Waals surface area (Å²) in [7, 11) is 0. The predicted molar refractivity (Wildman–Crippen MR) is 110 cm³/mol. The molecule has 1 N–H and O–H groups in total. The van der Waals surface area contributed by atoms with Crippen LogP contribution in [0.5, 0.6) is 5.75 Å². The fraction of sp³-hybridized carbons (Fsp3) is 0.250. The molecule has 1 amide bonds. The van der Waals surface area contributed by atoms with Gasteiger partial charge < -0.3 is 14.5 Å². The average molecular weight is 418 g/mol. The van der Waals surface area contributed by atoms with Crippen molar-refractivity contribution in [1.82, 2.24) is 10.2 Å². The Morgan fingerprint density at radius 1 is 1.18 bits per heavy atom. The molecular weight excluding hydrogens is 398 g/mol. The minimum Gasteiger partial charge on any atom is -0.484 e. The highest BCUT2D eigenvalue weighted by molar-refractivity contribution is 8.00. The Kier molecular flexibility index (Phi) is 6.95. The van der Waals surface area contributed by atoms with Crippen molar-refractivity contribution >= 4 is 35.0 Å². The Hall–Kier alpha value is -2.51. The molecule has 28 heavy (non-hydrogen) atoms. The molecule has 2 aromatic carbocycles. The van der Waals surface area contributed by atoms with Gasteiger partial charge in [-0.05, 0) is 55.3 Å². The molecule has 0 fully saturated rings. The summed E-state index contributed by atoms with van der Waals surface area (Å²) < 4.78 is 11.1. The molecule has 0 aliphatic rings. The molecule has 0 bridgehead atoms. The number of ether oxygens (including phenoxy) is 1. The molecule has 0 unspecified atom stereocenters. The highest BCUT2D eigenvalue weighted by Crippen LogP contribution is 2.24. The molecule has 6 nitrogen and oxygen atoms in total. The van der Waals surface area contributed by atoms with Gasteiger partial charge in [0.2, 0.25) is 5.91 Å². The Balaban J connectivity index is 1.50. The van der Waals surface area contributed by atoms with Crippen LogP contribution in [0, 0.1) is 0 Å². The molecular formula is C20H20ClN3O3S. The molecule has 146 valence electrons. The van der Waals surface area contributed by atoms with Gasteiger partial charge in [0.25, 0.3) is 11.1 Å². The van der Waals surface area contributed by atoms with Gasteiger partial charge in [-0.25, -0.2) is 0 Å². The van der Waals surface area contributed by atoms with E-state index in [1.165, 1.54) is 17.3 Å². The van der Waals surface area contributed by atoms with Gasteiger partial charge in [0.15, 0.2) is 6.61 Å². The summed E-state index contributed by atoms with van der Waals surface area (Å²) in [5.74, 6) is 0.852. The normalized spacial score (nSPS) is 11.8. The van der Waals surface area contributed by atoms with Crippen LogP contribution in [0.4, 0.5) is 5.69 Å². The third-order valence-electron chi connectivity index (χ3n) is 3.90. The lowest BCUT2D eigenvalue weighted by Crippen LogP contribution is -2.22. The van der Waals surface area contributed by atoms with Crippen molar-refractivity contribution in [2.45, 2.75) is 37.3 Å². The van der Waals surface area contributed by atoms with Crippen molar-refractivity contribution in [1.29, 1.82) is 0 Å². The quantitative estimate of drug-likeness (QED) is 0.520. The summed E-state index contributed by atoms with van der Waals surface area (Å²) >= 11 is 7.04. The zero-order chi connectivity index (χ0) is 19.9. The van der Waals surface area contributed by atoms with Crippen LogP contribution in [-0.4, -0.2) is 21.4 Å². The molecule has 0 aliphatic heterocycles. The van der Waals surface area contributed by atoms with Crippen LogP contribution in [0.1, 0.15) is 25.3 Å². The molecule has 0 saturated carbocycles. The third-order valence-corrected chi connectivity index (χ3v) is 5.09. The zero-order valence-electron chi connectivity index (χ0n) is 15.5. The van der Waals surface area contributed by atoms with Crippen LogP contribution in [0.3, 0.4) is 0 Å². The highest BCUT2D eigenvalue weighted by atomic mass is 35.5. The number of nitrogens with one attached hydrogen (secondary N) is 1. The van der Waals surface area contributed by atoms with E-state index in [9.17, 15) is 4.79 Å². The van der Waals surface area contributed by atoms with E-state index in [1.54, 1.807) is 31.2 Å². The SMILES string of the molecule is CCc1ccc(NC(=O)[C@@H](C)Sc2nnc(COc3ccc(Cl)cc3)o2)cc1. The zero-order valence-corrected chi connectivity index (χ0v) is 17.1. The Labute approximate surface area is 172 Å². The van der Waals surface area contributed by atoms with Crippen molar-refractivity contribution in [3.8, 4) is 5.75 Å². The van der Waals surface area contributed by atoms with Gasteiger partial charge >= 0.3 is 0 Å². The number of nitrogens with zero attached hydrogens (tertiary/aromatic N) is 2. The number of thioether (sulfide) groups is 1. The first kappa shape index (κ1) is 20.2. The van der Waals surface area contributed by atoms with Gasteiger partial charge in [0.05, 0.1) is 5.25 Å². The first-order valence-electron chi connectivity index (χ1n) is 8.80. The number of anilines is 1. The highest BCUT2D eigenvalue weighted by Gasteiger charge is 2.18. The fourth-order valence-corrected chi connectivity index (χ4v) is 3.12. The average Bonchev–Trinajstić information content (AvgIpc) is 3.15. The van der Waals surface area contributed by atoms with Crippen LogP contribution in [0.15, 0.2) is 58.2 Å². The summed E-state index contributed by atoms with van der Waals surface area (Å²) in [4.78, 5) is 12.4. The van der Waals surface area contributed by atoms with Crippen LogP contribution >= 0.6 is 23.4 Å². The van der Waals surface area contributed by atoms with Crippen LogP contribution in [-0.2, 0) is 17.8 Å². The minimum atomic E-state index is -0.392. The predicted octanol–water partition coefficient (Wildman–Crippen LogP) is 4.98. The number of benzene rings is 2. The lowest BCUT2D eigenvalue weighted by atomic mass is 10.1. The first-order chi connectivity index (χ1) is 13.5. The second-order valence-corrected chi connectivity index (χ2v) is 7.73. The van der Waals surface area contributed by atoms with E-state index in [0.717, 1.165) is 12.1 Å². The Bertz CT molecular complexity index is 913. The fourth-order valence-electron chi connectivity index (χ4n) is 2.29. The maximum absolute atomic E-state index is 12.4. The summed E-state index contributed by atoms with van der Waals surface area (Å²) in [5.41, 5.74) is 1.98. The van der Waals surface area contributed by atoms with E-state index in [0.29, 0.717) is 21.9 Å². The van der Waals surface area contributed by atoms with Crippen LogP contribution in [0.25, 0.3) is 0 Å². The van der Waals surface area contributed by atoms with Crippen molar-refractivity contribution in [2.24, 2.45) is 0 Å². The molecule has 0 saturated heterocycles. The topological polar surface area (TPSA) is 77.2 Å². The van der Waals surface area contributed by atoms with Crippen LogP contribution < -0.4 is 10.1 Å². The van der Waals surface area contributed by atoms with Gasteiger partial charge in [-0.2, -0.15) is 0 Å². The molecule has 3 aromatic rings. The number of amides is 1. The number of carbonyl (C=O) groups is 1. The molecule has 1 heterocycles. The number of aromatic nitrogens is 2. The van der Waals surface area contributed by atoms with Gasteiger partial charge in [0, 0.05) is 10.7 Å². The second-order valence-electron chi connectivity index (χ2n) is 6.00. The summed E-state index contributed by atoms with van der Waals surface area (Å²) in [5, 5.41) is 11.4. The second kappa shape index (κ2) is 9.61. The van der Waals surface area contributed by atoms with E-state index in [4.69, 9.17) is 20.8 Å². The largest absolute Gasteiger partial charge is 0.484 e. The van der Waals surface area contributed by atoms with Gasteiger partial charge in [0.1, 0.15) is 5.75 Å². The van der Waals surface area contributed by atoms with Gasteiger partial charge in [-0.15, -0.1) is 10.2 Å². The number of rotatable bonds is 8. The van der Waals surface area contributed by atoms with E-state index in [2.05, 4.69) is 22.4 Å². The molecule has 0 aliphatic carbocycles. The van der Waals surface area contributed by atoms with E-state index < -0.39 is 5.25 Å². The lowest BCUT2D eigenvalue weighted by molar-refractivity contribution is -0.115. The number of aryl methyl sites for hydroxylation is 1. The molecule has 0 spiro atoms. The monoisotopic (exact) mass is 417 g/mol. The van der Waals surface area contributed by atoms with E-state index in [1.807, 2.05) is 24.3 Å². The summed E-state index contributed by atoms with van der Waals surface area (Å²) in [6, 6.07) is 14.8. The number of hydrogen-bond acceptors (Lipinski definition) is 6. The molecule has 1 aromatic heterocycles. The minimum absolute atomic E-state index is 0.133. The van der Waals surface area contributed by atoms with Crippen molar-refractivity contribution in [3.63, 3.8) is 0 Å². The standard InChI is InChI=1S/C20H20ClN3O3S/c1-3-14-4-8-16(9-5-14)22-19(25)13(2)28-20-24-23-18(27-20)12-26-17-10-6-15(21)7-11-17/h4-11,13H,3,12H2,1-2H3,(H,22,25)/t13-/m1/s1. The number of hydrogen-bond donors (Lipinski definition) is 1. The smallest absolute Gasteiger partial charge is 0.277 e. The summed E-state index contributed by atoms with van der Waals surface area (Å²) in [6.07, 6.45) is 0.960. The van der Waals surface area contributed by atoms with E-state index >= 15 is 0 Å². The molecule has 8 heteroatoms. The molecule has 1 atom stereocenters. The maximum atomic E-state index is 12.4. The Morgan fingerprint density at radius 3 is 2.57 bits per heavy atom. The number of halogens is 1. The molecule has 0 radical (unpaired) electrons. The number of carbonyl (C=O) groups excluding carboxylic acids is 1. The van der Waals surface area contributed by atoms with Crippen molar-refractivity contribution in [2.75, 3.05) is 5.32 Å². The third kappa shape index (κ3) is 5.74. The molecule has 3 rings (SSSR count).